The summed E-state index contributed by atoms with van der Waals surface area (Å²) in [4.78, 5) is 3.38. The van der Waals surface area contributed by atoms with Gasteiger partial charge in [-0.25, -0.2) is 0 Å². The number of nitrogens with zero attached hydrogens (tertiary/aromatic N) is 4. The van der Waals surface area contributed by atoms with Crippen LogP contribution in [0.2, 0.25) is 0 Å². The highest BCUT2D eigenvalue weighted by Gasteiger charge is 2.05. The Kier molecular flexibility index (Phi) is 4.33. The van der Waals surface area contributed by atoms with Crippen LogP contribution in [0, 0.1) is 0 Å². The standard InChI is InChI=1S/C11H14N4S2/c1-15(11-12-13-14-17-11)8-7-9-3-5-10(16-2)6-4-9/h3-6H,7-8H2,1-2H3. The number of benzene rings is 1. The van der Waals surface area contributed by atoms with Crippen LogP contribution in [-0.2, 0) is 6.42 Å². The lowest BCUT2D eigenvalue weighted by atomic mass is 10.1. The van der Waals surface area contributed by atoms with E-state index in [0.29, 0.717) is 0 Å². The quantitative estimate of drug-likeness (QED) is 0.777. The van der Waals surface area contributed by atoms with Crippen LogP contribution < -0.4 is 4.90 Å². The largest absolute Gasteiger partial charge is 0.348 e. The van der Waals surface area contributed by atoms with Crippen molar-refractivity contribution >= 4 is 28.4 Å². The first-order chi connectivity index (χ1) is 8.29. The number of hydrogen-bond acceptors (Lipinski definition) is 6. The normalized spacial score (nSPS) is 10.5. The second-order valence-corrected chi connectivity index (χ2v) is 5.26. The Morgan fingerprint density at radius 1 is 1.29 bits per heavy atom. The number of likely N-dealkylation sites (N-methyl/N-ethyl adjacent to an activating group) is 1. The fourth-order valence-corrected chi connectivity index (χ4v) is 2.32. The number of thioether (sulfide) groups is 1. The highest BCUT2D eigenvalue weighted by atomic mass is 32.2. The van der Waals surface area contributed by atoms with Gasteiger partial charge in [-0.1, -0.05) is 21.7 Å². The van der Waals surface area contributed by atoms with Gasteiger partial charge in [-0.2, -0.15) is 0 Å². The predicted octanol–water partition coefficient (Wildman–Crippen LogP) is 2.33. The van der Waals surface area contributed by atoms with Crippen LogP contribution in [0.3, 0.4) is 0 Å². The minimum absolute atomic E-state index is 0.866. The molecule has 2 aromatic rings. The molecule has 0 atom stereocenters. The number of aromatic nitrogens is 3. The lowest BCUT2D eigenvalue weighted by Crippen LogP contribution is -2.20. The Labute approximate surface area is 109 Å². The van der Waals surface area contributed by atoms with Crippen LogP contribution in [0.5, 0.6) is 0 Å². The summed E-state index contributed by atoms with van der Waals surface area (Å²) in [6, 6.07) is 8.68. The highest BCUT2D eigenvalue weighted by Crippen LogP contribution is 2.16. The molecule has 1 aromatic heterocycles. The zero-order valence-corrected chi connectivity index (χ0v) is 11.5. The molecule has 0 fully saturated rings. The molecule has 1 heterocycles. The number of anilines is 1. The van der Waals surface area contributed by atoms with Crippen LogP contribution in [0.25, 0.3) is 0 Å². The molecule has 0 saturated carbocycles. The Bertz CT molecular complexity index is 441. The SMILES string of the molecule is CSc1ccc(CCN(C)c2nnns2)cc1. The van der Waals surface area contributed by atoms with Gasteiger partial charge in [0.1, 0.15) is 0 Å². The smallest absolute Gasteiger partial charge is 0.227 e. The summed E-state index contributed by atoms with van der Waals surface area (Å²) in [5, 5.41) is 8.40. The first-order valence-electron chi connectivity index (χ1n) is 5.28. The number of rotatable bonds is 5. The second kappa shape index (κ2) is 5.97. The molecule has 90 valence electrons. The molecule has 0 radical (unpaired) electrons. The summed E-state index contributed by atoms with van der Waals surface area (Å²) < 4.78 is 3.76. The van der Waals surface area contributed by atoms with E-state index in [1.54, 1.807) is 11.8 Å². The van der Waals surface area contributed by atoms with E-state index in [-0.39, 0.29) is 0 Å². The Morgan fingerprint density at radius 3 is 2.65 bits per heavy atom. The van der Waals surface area contributed by atoms with E-state index >= 15 is 0 Å². The summed E-state index contributed by atoms with van der Waals surface area (Å²) in [5.41, 5.74) is 1.34. The van der Waals surface area contributed by atoms with E-state index in [1.165, 1.54) is 22.0 Å². The van der Waals surface area contributed by atoms with Gasteiger partial charge in [0.05, 0.1) is 0 Å². The van der Waals surface area contributed by atoms with Gasteiger partial charge >= 0.3 is 0 Å². The molecule has 2 rings (SSSR count). The molecule has 0 aliphatic rings. The topological polar surface area (TPSA) is 41.9 Å². The summed E-state index contributed by atoms with van der Waals surface area (Å²) in [6.45, 7) is 0.926. The molecule has 0 N–H and O–H groups in total. The van der Waals surface area contributed by atoms with Crippen molar-refractivity contribution in [2.75, 3.05) is 24.7 Å². The monoisotopic (exact) mass is 266 g/mol. The van der Waals surface area contributed by atoms with Crippen molar-refractivity contribution < 1.29 is 0 Å². The Morgan fingerprint density at radius 2 is 2.06 bits per heavy atom. The molecule has 17 heavy (non-hydrogen) atoms. The molecule has 0 aliphatic carbocycles. The summed E-state index contributed by atoms with van der Waals surface area (Å²) in [5.74, 6) is 0. The molecule has 0 aliphatic heterocycles. The number of hydrogen-bond donors (Lipinski definition) is 0. The van der Waals surface area contributed by atoms with E-state index in [0.717, 1.165) is 18.1 Å². The third kappa shape index (κ3) is 3.41. The zero-order valence-electron chi connectivity index (χ0n) is 9.83. The van der Waals surface area contributed by atoms with E-state index in [2.05, 4.69) is 50.2 Å². The molecule has 1 aromatic carbocycles. The fourth-order valence-electron chi connectivity index (χ4n) is 1.46. The average molecular weight is 266 g/mol. The molecule has 0 amide bonds. The molecule has 0 unspecified atom stereocenters. The summed E-state index contributed by atoms with van der Waals surface area (Å²) >= 11 is 3.09. The van der Waals surface area contributed by atoms with Gasteiger partial charge in [0.25, 0.3) is 0 Å². The lowest BCUT2D eigenvalue weighted by molar-refractivity contribution is 0.848. The van der Waals surface area contributed by atoms with E-state index in [9.17, 15) is 0 Å². The molecule has 0 bridgehead atoms. The molecule has 4 nitrogen and oxygen atoms in total. The van der Waals surface area contributed by atoms with Crippen molar-refractivity contribution in [1.29, 1.82) is 0 Å². The van der Waals surface area contributed by atoms with Gasteiger partial charge in [-0.05, 0) is 35.6 Å². The third-order valence-corrected chi connectivity index (χ3v) is 3.97. The van der Waals surface area contributed by atoms with Crippen LogP contribution in [0.15, 0.2) is 29.2 Å². The molecule has 6 heteroatoms. The van der Waals surface area contributed by atoms with Gasteiger partial charge in [-0.3, -0.25) is 0 Å². The highest BCUT2D eigenvalue weighted by molar-refractivity contribution is 7.98. The maximum atomic E-state index is 3.94. The lowest BCUT2D eigenvalue weighted by Gasteiger charge is -2.14. The minimum atomic E-state index is 0.866. The Hall–Kier alpha value is -1.14. The van der Waals surface area contributed by atoms with Crippen molar-refractivity contribution in [2.24, 2.45) is 0 Å². The van der Waals surface area contributed by atoms with Crippen LogP contribution >= 0.6 is 23.3 Å². The summed E-state index contributed by atoms with van der Waals surface area (Å²) in [7, 11) is 2.01. The Balaban J connectivity index is 1.89. The first kappa shape index (κ1) is 12.3. The van der Waals surface area contributed by atoms with E-state index < -0.39 is 0 Å². The average Bonchev–Trinajstić information content (AvgIpc) is 2.90. The van der Waals surface area contributed by atoms with Gasteiger partial charge in [-0.15, -0.1) is 11.8 Å². The maximum Gasteiger partial charge on any atom is 0.227 e. The van der Waals surface area contributed by atoms with Gasteiger partial charge < -0.3 is 4.90 Å². The van der Waals surface area contributed by atoms with E-state index in [4.69, 9.17) is 0 Å². The van der Waals surface area contributed by atoms with Gasteiger partial charge in [0, 0.05) is 30.0 Å². The third-order valence-electron chi connectivity index (χ3n) is 2.51. The first-order valence-corrected chi connectivity index (χ1v) is 7.28. The zero-order chi connectivity index (χ0) is 12.1. The molecule has 0 saturated heterocycles. The molecular weight excluding hydrogens is 252 g/mol. The predicted molar refractivity (Wildman–Crippen MR) is 72.9 cm³/mol. The second-order valence-electron chi connectivity index (χ2n) is 3.66. The van der Waals surface area contributed by atoms with Gasteiger partial charge in [0.2, 0.25) is 5.13 Å². The van der Waals surface area contributed by atoms with Crippen molar-refractivity contribution in [1.82, 2.24) is 14.8 Å². The van der Waals surface area contributed by atoms with Crippen LogP contribution in [0.1, 0.15) is 5.56 Å². The van der Waals surface area contributed by atoms with Gasteiger partial charge in [0.15, 0.2) is 0 Å². The fraction of sp³-hybridized carbons (Fsp3) is 0.364. The van der Waals surface area contributed by atoms with Crippen molar-refractivity contribution in [3.8, 4) is 0 Å². The van der Waals surface area contributed by atoms with Crippen molar-refractivity contribution in [3.05, 3.63) is 29.8 Å². The summed E-state index contributed by atoms with van der Waals surface area (Å²) in [6.07, 6.45) is 3.09. The van der Waals surface area contributed by atoms with Crippen molar-refractivity contribution in [2.45, 2.75) is 11.3 Å². The van der Waals surface area contributed by atoms with Crippen LogP contribution in [0.4, 0.5) is 5.13 Å². The van der Waals surface area contributed by atoms with E-state index in [1.807, 2.05) is 7.05 Å². The molecule has 0 spiro atoms. The van der Waals surface area contributed by atoms with Crippen LogP contribution in [-0.4, -0.2) is 34.6 Å². The van der Waals surface area contributed by atoms with Crippen molar-refractivity contribution in [3.63, 3.8) is 0 Å². The molecular formula is C11H14N4S2. The minimum Gasteiger partial charge on any atom is -0.348 e. The maximum absolute atomic E-state index is 3.94.